The largest absolute Gasteiger partial charge is 0.497 e. The lowest BCUT2D eigenvalue weighted by Crippen LogP contribution is -2.53. The molecular formula is C28H33N5O3. The van der Waals surface area contributed by atoms with E-state index in [1.165, 1.54) is 0 Å². The molecule has 0 bridgehead atoms. The summed E-state index contributed by atoms with van der Waals surface area (Å²) >= 11 is 0. The van der Waals surface area contributed by atoms with E-state index < -0.39 is 0 Å². The third-order valence-electron chi connectivity index (χ3n) is 6.68. The van der Waals surface area contributed by atoms with E-state index >= 15 is 0 Å². The SMILES string of the molecule is CC[C@@H](C)N(CC(=O)N1CCN(c2ccc(-c3ccccc3)nn2)CC1)C(=O)c1cccc(OC)c1. The number of anilines is 1. The molecule has 36 heavy (non-hydrogen) atoms. The Morgan fingerprint density at radius 2 is 1.72 bits per heavy atom. The highest BCUT2D eigenvalue weighted by atomic mass is 16.5. The Kier molecular flexibility index (Phi) is 8.15. The standard InChI is InChI=1S/C28H33N5O3/c1-4-21(2)33(28(35)23-11-8-12-24(19-23)36-3)20-27(34)32-17-15-31(16-18-32)26-14-13-25(29-30-26)22-9-6-5-7-10-22/h5-14,19,21H,4,15-18,20H2,1-3H3/t21-/m1/s1. The summed E-state index contributed by atoms with van der Waals surface area (Å²) in [4.78, 5) is 32.1. The van der Waals surface area contributed by atoms with Crippen LogP contribution < -0.4 is 9.64 Å². The highest BCUT2D eigenvalue weighted by Gasteiger charge is 2.28. The van der Waals surface area contributed by atoms with Gasteiger partial charge in [0, 0.05) is 43.3 Å². The molecule has 3 aromatic rings. The van der Waals surface area contributed by atoms with Gasteiger partial charge in [0.2, 0.25) is 5.91 Å². The van der Waals surface area contributed by atoms with Crippen LogP contribution in [0.2, 0.25) is 0 Å². The van der Waals surface area contributed by atoms with Gasteiger partial charge in [-0.1, -0.05) is 43.3 Å². The second-order valence-corrected chi connectivity index (χ2v) is 8.93. The third kappa shape index (κ3) is 5.82. The van der Waals surface area contributed by atoms with Crippen LogP contribution in [0.5, 0.6) is 5.75 Å². The predicted octanol–water partition coefficient (Wildman–Crippen LogP) is 3.74. The molecule has 0 aliphatic carbocycles. The van der Waals surface area contributed by atoms with E-state index in [0.29, 0.717) is 37.5 Å². The Morgan fingerprint density at radius 3 is 2.36 bits per heavy atom. The zero-order chi connectivity index (χ0) is 25.5. The van der Waals surface area contributed by atoms with Crippen molar-refractivity contribution in [1.29, 1.82) is 0 Å². The normalized spacial score (nSPS) is 14.3. The number of nitrogens with zero attached hydrogens (tertiary/aromatic N) is 5. The Bertz CT molecular complexity index is 1160. The fraction of sp³-hybridized carbons (Fsp3) is 0.357. The number of aromatic nitrogens is 2. The summed E-state index contributed by atoms with van der Waals surface area (Å²) in [6, 6.07) is 20.9. The molecule has 188 valence electrons. The van der Waals surface area contributed by atoms with Crippen molar-refractivity contribution >= 4 is 17.6 Å². The third-order valence-corrected chi connectivity index (χ3v) is 6.68. The second kappa shape index (κ2) is 11.7. The van der Waals surface area contributed by atoms with Gasteiger partial charge in [-0.05, 0) is 43.7 Å². The Balaban J connectivity index is 1.37. The van der Waals surface area contributed by atoms with Crippen LogP contribution in [0, 0.1) is 0 Å². The number of methoxy groups -OCH3 is 1. The van der Waals surface area contributed by atoms with Gasteiger partial charge in [-0.15, -0.1) is 10.2 Å². The molecule has 0 saturated carbocycles. The van der Waals surface area contributed by atoms with E-state index in [1.54, 1.807) is 36.3 Å². The lowest BCUT2D eigenvalue weighted by Gasteiger charge is -2.37. The van der Waals surface area contributed by atoms with Crippen molar-refractivity contribution in [2.45, 2.75) is 26.3 Å². The van der Waals surface area contributed by atoms with Crippen LogP contribution in [0.15, 0.2) is 66.7 Å². The van der Waals surface area contributed by atoms with Crippen LogP contribution in [0.3, 0.4) is 0 Å². The molecule has 0 unspecified atom stereocenters. The van der Waals surface area contributed by atoms with Crippen molar-refractivity contribution in [2.24, 2.45) is 0 Å². The first kappa shape index (κ1) is 25.2. The van der Waals surface area contributed by atoms with Crippen LogP contribution in [-0.4, -0.2) is 77.7 Å². The first-order valence-corrected chi connectivity index (χ1v) is 12.4. The lowest BCUT2D eigenvalue weighted by molar-refractivity contribution is -0.132. The van der Waals surface area contributed by atoms with Crippen molar-refractivity contribution in [3.8, 4) is 17.0 Å². The number of hydrogen-bond donors (Lipinski definition) is 0. The summed E-state index contributed by atoms with van der Waals surface area (Å²) in [6.45, 7) is 6.52. The lowest BCUT2D eigenvalue weighted by atomic mass is 10.1. The molecule has 1 saturated heterocycles. The van der Waals surface area contributed by atoms with E-state index in [1.807, 2.05) is 61.2 Å². The summed E-state index contributed by atoms with van der Waals surface area (Å²) in [6.07, 6.45) is 0.758. The van der Waals surface area contributed by atoms with Gasteiger partial charge in [0.25, 0.3) is 5.91 Å². The second-order valence-electron chi connectivity index (χ2n) is 8.93. The molecule has 8 heteroatoms. The average molecular weight is 488 g/mol. The van der Waals surface area contributed by atoms with Gasteiger partial charge in [0.15, 0.2) is 5.82 Å². The van der Waals surface area contributed by atoms with Gasteiger partial charge in [-0.2, -0.15) is 0 Å². The molecule has 8 nitrogen and oxygen atoms in total. The average Bonchev–Trinajstić information content (AvgIpc) is 2.95. The maximum Gasteiger partial charge on any atom is 0.254 e. The summed E-state index contributed by atoms with van der Waals surface area (Å²) < 4.78 is 5.26. The quantitative estimate of drug-likeness (QED) is 0.482. The molecular weight excluding hydrogens is 454 g/mol. The van der Waals surface area contributed by atoms with Gasteiger partial charge in [0.1, 0.15) is 12.3 Å². The maximum atomic E-state index is 13.3. The number of benzene rings is 2. The first-order chi connectivity index (χ1) is 17.5. The van der Waals surface area contributed by atoms with Crippen LogP contribution >= 0.6 is 0 Å². The molecule has 2 amide bonds. The molecule has 4 rings (SSSR count). The number of rotatable bonds is 8. The van der Waals surface area contributed by atoms with Crippen molar-refractivity contribution < 1.29 is 14.3 Å². The van der Waals surface area contributed by atoms with Crippen molar-refractivity contribution in [1.82, 2.24) is 20.0 Å². The number of carbonyl (C=O) groups excluding carboxylic acids is 2. The highest BCUT2D eigenvalue weighted by Crippen LogP contribution is 2.20. The number of hydrogen-bond acceptors (Lipinski definition) is 6. The first-order valence-electron chi connectivity index (χ1n) is 12.4. The van der Waals surface area contributed by atoms with Crippen LogP contribution in [-0.2, 0) is 4.79 Å². The fourth-order valence-corrected chi connectivity index (χ4v) is 4.26. The molecule has 0 N–H and O–H groups in total. The van der Waals surface area contributed by atoms with Gasteiger partial charge in [-0.3, -0.25) is 9.59 Å². The minimum absolute atomic E-state index is 0.0447. The molecule has 1 aliphatic rings. The Morgan fingerprint density at radius 1 is 0.972 bits per heavy atom. The molecule has 1 aliphatic heterocycles. The van der Waals surface area contributed by atoms with Crippen molar-refractivity contribution in [3.63, 3.8) is 0 Å². The zero-order valence-electron chi connectivity index (χ0n) is 21.1. The molecule has 2 aromatic carbocycles. The van der Waals surface area contributed by atoms with Crippen LogP contribution in [0.4, 0.5) is 5.82 Å². The molecule has 1 atom stereocenters. The van der Waals surface area contributed by atoms with E-state index in [2.05, 4.69) is 15.1 Å². The number of ether oxygens (including phenoxy) is 1. The molecule has 1 aromatic heterocycles. The molecule has 2 heterocycles. The minimum atomic E-state index is -0.163. The summed E-state index contributed by atoms with van der Waals surface area (Å²) in [5, 5.41) is 8.79. The molecule has 1 fully saturated rings. The van der Waals surface area contributed by atoms with Crippen molar-refractivity contribution in [2.75, 3.05) is 44.7 Å². The Labute approximate surface area is 212 Å². The van der Waals surface area contributed by atoms with E-state index in [9.17, 15) is 9.59 Å². The highest BCUT2D eigenvalue weighted by molar-refractivity contribution is 5.97. The van der Waals surface area contributed by atoms with Gasteiger partial charge in [-0.25, -0.2) is 0 Å². The maximum absolute atomic E-state index is 13.3. The smallest absolute Gasteiger partial charge is 0.254 e. The topological polar surface area (TPSA) is 78.9 Å². The fourth-order valence-electron chi connectivity index (χ4n) is 4.26. The van der Waals surface area contributed by atoms with E-state index in [0.717, 1.165) is 23.5 Å². The zero-order valence-corrected chi connectivity index (χ0v) is 21.1. The van der Waals surface area contributed by atoms with Gasteiger partial charge in [0.05, 0.1) is 12.8 Å². The summed E-state index contributed by atoms with van der Waals surface area (Å²) in [7, 11) is 1.57. The number of amides is 2. The monoisotopic (exact) mass is 487 g/mol. The van der Waals surface area contributed by atoms with E-state index in [-0.39, 0.29) is 24.4 Å². The van der Waals surface area contributed by atoms with Gasteiger partial charge >= 0.3 is 0 Å². The number of piperazine rings is 1. The van der Waals surface area contributed by atoms with Crippen LogP contribution in [0.1, 0.15) is 30.6 Å². The molecule has 0 spiro atoms. The summed E-state index contributed by atoms with van der Waals surface area (Å²) in [5.74, 6) is 1.21. The molecule has 0 radical (unpaired) electrons. The van der Waals surface area contributed by atoms with Crippen molar-refractivity contribution in [3.05, 3.63) is 72.3 Å². The van der Waals surface area contributed by atoms with Crippen LogP contribution in [0.25, 0.3) is 11.3 Å². The number of carbonyl (C=O) groups is 2. The minimum Gasteiger partial charge on any atom is -0.497 e. The van der Waals surface area contributed by atoms with Gasteiger partial charge < -0.3 is 19.4 Å². The Hall–Kier alpha value is -3.94. The predicted molar refractivity (Wildman–Crippen MR) is 140 cm³/mol. The van der Waals surface area contributed by atoms with E-state index in [4.69, 9.17) is 4.74 Å². The summed E-state index contributed by atoms with van der Waals surface area (Å²) in [5.41, 5.74) is 2.38.